The van der Waals surface area contributed by atoms with Crippen LogP contribution in [0.3, 0.4) is 0 Å². The molecule has 1 aliphatic heterocycles. The first-order chi connectivity index (χ1) is 17.1. The van der Waals surface area contributed by atoms with Crippen molar-refractivity contribution >= 4 is 35.8 Å². The molecule has 1 amide bonds. The number of hydrogen-bond donors (Lipinski definition) is 1. The summed E-state index contributed by atoms with van der Waals surface area (Å²) < 4.78 is 31.6. The lowest BCUT2D eigenvalue weighted by Crippen LogP contribution is -2.67. The first-order valence-corrected chi connectivity index (χ1v) is 11.6. The summed E-state index contributed by atoms with van der Waals surface area (Å²) in [7, 11) is 1.12. The fourth-order valence-electron chi connectivity index (χ4n) is 2.97. The van der Waals surface area contributed by atoms with Crippen LogP contribution in [0, 0.1) is 0 Å². The highest BCUT2D eigenvalue weighted by Gasteiger charge is 2.52. The molecule has 36 heavy (non-hydrogen) atoms. The molecule has 202 valence electrons. The molecule has 0 radical (unpaired) electrons. The summed E-state index contributed by atoms with van der Waals surface area (Å²) in [4.78, 5) is 72.2. The smallest absolute Gasteiger partial charge is 0.333 e. The van der Waals surface area contributed by atoms with Gasteiger partial charge in [0.25, 0.3) is 0 Å². The highest BCUT2D eigenvalue weighted by Crippen LogP contribution is 2.28. The molecule has 0 aromatic carbocycles. The Morgan fingerprint density at radius 2 is 1.31 bits per heavy atom. The van der Waals surface area contributed by atoms with Crippen LogP contribution in [0.4, 0.5) is 0 Å². The third-order valence-corrected chi connectivity index (χ3v) is 4.89. The third-order valence-electron chi connectivity index (χ3n) is 4.89. The van der Waals surface area contributed by atoms with Crippen LogP contribution in [0.25, 0.3) is 0 Å². The number of hydrogen-bond acceptors (Lipinski definition) is 12. The molecule has 0 spiro atoms. The molecule has 1 heterocycles. The van der Waals surface area contributed by atoms with E-state index in [1.54, 1.807) is 20.8 Å². The van der Waals surface area contributed by atoms with Gasteiger partial charge in [0.2, 0.25) is 12.2 Å². The van der Waals surface area contributed by atoms with Gasteiger partial charge in [-0.25, -0.2) is 9.59 Å². The summed E-state index contributed by atoms with van der Waals surface area (Å²) in [5.74, 6) is -4.34. The van der Waals surface area contributed by atoms with E-state index >= 15 is 0 Å². The van der Waals surface area contributed by atoms with Crippen molar-refractivity contribution in [2.24, 2.45) is 0 Å². The van der Waals surface area contributed by atoms with Gasteiger partial charge in [0, 0.05) is 37.8 Å². The molecule has 5 atom stereocenters. The molecule has 0 unspecified atom stereocenters. The van der Waals surface area contributed by atoms with Gasteiger partial charge in [0.05, 0.1) is 7.11 Å². The Morgan fingerprint density at radius 3 is 1.83 bits per heavy atom. The van der Waals surface area contributed by atoms with E-state index in [4.69, 9.17) is 23.7 Å². The van der Waals surface area contributed by atoms with E-state index in [1.807, 2.05) is 0 Å². The Morgan fingerprint density at radius 1 is 0.750 bits per heavy atom. The van der Waals surface area contributed by atoms with Crippen molar-refractivity contribution in [3.05, 3.63) is 12.2 Å². The van der Waals surface area contributed by atoms with E-state index < -0.39 is 73.0 Å². The zero-order valence-corrected chi connectivity index (χ0v) is 21.0. The molecule has 0 aromatic rings. The molecule has 1 rings (SSSR count). The summed E-state index contributed by atoms with van der Waals surface area (Å²) in [6.07, 6.45) is -3.93. The lowest BCUT2D eigenvalue weighted by atomic mass is 9.95. The molecule has 1 saturated heterocycles. The van der Waals surface area contributed by atoms with Crippen molar-refractivity contribution in [2.45, 2.75) is 84.0 Å². The Balaban J connectivity index is 3.44. The number of ether oxygens (including phenoxy) is 6. The maximum absolute atomic E-state index is 12.4. The summed E-state index contributed by atoms with van der Waals surface area (Å²) >= 11 is 0. The monoisotopic (exact) mass is 515 g/mol. The summed E-state index contributed by atoms with van der Waals surface area (Å²) in [6.45, 7) is 5.77. The average Bonchev–Trinajstić information content (AvgIpc) is 2.88. The minimum atomic E-state index is -1.58. The van der Waals surface area contributed by atoms with Gasteiger partial charge in [-0.15, -0.1) is 0 Å². The fourth-order valence-corrected chi connectivity index (χ4v) is 2.97. The van der Waals surface area contributed by atoms with E-state index in [2.05, 4.69) is 10.1 Å². The number of esters is 5. The largest absolute Gasteiger partial charge is 0.466 e. The zero-order chi connectivity index (χ0) is 27.3. The van der Waals surface area contributed by atoms with Crippen molar-refractivity contribution in [1.29, 1.82) is 0 Å². The van der Waals surface area contributed by atoms with E-state index in [0.717, 1.165) is 19.3 Å². The second kappa shape index (κ2) is 15.5. The van der Waals surface area contributed by atoms with E-state index in [1.165, 1.54) is 6.92 Å². The quantitative estimate of drug-likeness (QED) is 0.217. The van der Waals surface area contributed by atoms with Gasteiger partial charge in [-0.05, 0) is 0 Å². The fraction of sp³-hybridized carbons (Fsp3) is 0.652. The molecule has 1 N–H and O–H groups in total. The Hall–Kier alpha value is -3.48. The number of rotatable bonds is 12. The average molecular weight is 516 g/mol. The van der Waals surface area contributed by atoms with Crippen LogP contribution in [-0.2, 0) is 57.2 Å². The zero-order valence-electron chi connectivity index (χ0n) is 21.0. The number of carbonyl (C=O) groups is 6. The van der Waals surface area contributed by atoms with Gasteiger partial charge >= 0.3 is 29.8 Å². The van der Waals surface area contributed by atoms with E-state index in [-0.39, 0.29) is 25.7 Å². The van der Waals surface area contributed by atoms with Gasteiger partial charge in [0.1, 0.15) is 18.8 Å². The highest BCUT2D eigenvalue weighted by atomic mass is 16.7. The number of methoxy groups -OCH3 is 1. The Kier molecular flexibility index (Phi) is 13.2. The molecule has 13 nitrogen and oxygen atoms in total. The minimum Gasteiger partial charge on any atom is -0.466 e. The second-order valence-electron chi connectivity index (χ2n) is 7.44. The van der Waals surface area contributed by atoms with Crippen molar-refractivity contribution < 1.29 is 57.2 Å². The maximum Gasteiger partial charge on any atom is 0.333 e. The Labute approximate surface area is 208 Å². The number of nitrogens with one attached hydrogen (secondary N) is 1. The lowest BCUT2D eigenvalue weighted by Gasteiger charge is -2.44. The Bertz CT molecular complexity index is 839. The van der Waals surface area contributed by atoms with Crippen LogP contribution < -0.4 is 5.32 Å². The van der Waals surface area contributed by atoms with E-state index in [9.17, 15) is 28.8 Å². The molecule has 0 saturated carbocycles. The molecular formula is C23H33NO12. The van der Waals surface area contributed by atoms with Crippen molar-refractivity contribution in [3.8, 4) is 0 Å². The summed E-state index contributed by atoms with van der Waals surface area (Å²) in [5, 5.41) is 2.56. The second-order valence-corrected chi connectivity index (χ2v) is 7.44. The van der Waals surface area contributed by atoms with Crippen molar-refractivity contribution in [1.82, 2.24) is 5.32 Å². The minimum absolute atomic E-state index is 0.0187. The molecular weight excluding hydrogens is 482 g/mol. The first-order valence-electron chi connectivity index (χ1n) is 11.6. The first kappa shape index (κ1) is 30.6. The van der Waals surface area contributed by atoms with E-state index in [0.29, 0.717) is 0 Å². The lowest BCUT2D eigenvalue weighted by molar-refractivity contribution is -0.270. The van der Waals surface area contributed by atoms with Crippen LogP contribution in [0.1, 0.15) is 53.4 Å². The van der Waals surface area contributed by atoms with Crippen LogP contribution in [0.15, 0.2) is 12.2 Å². The molecule has 13 heteroatoms. The molecule has 0 aromatic heterocycles. The standard InChI is InChI=1S/C23H33NO12/c1-6-14(25)24-20-22(35-17(28)9-4)21(34-16(27)8-3)13(12-32-15(26)7-2)33-23(20)36-19(30)11-10-18(29)31-5/h10-11,13,20-23H,6-9,12H2,1-5H3,(H,24,25)/b11-10+/t13-,20-,21-,22-,23-/m1/s1. The predicted octanol–water partition coefficient (Wildman–Crippen LogP) is 0.475. The summed E-state index contributed by atoms with van der Waals surface area (Å²) in [6, 6.07) is -1.31. The van der Waals surface area contributed by atoms with Crippen LogP contribution >= 0.6 is 0 Å². The van der Waals surface area contributed by atoms with Gasteiger partial charge in [0.15, 0.2) is 12.2 Å². The van der Waals surface area contributed by atoms with Gasteiger partial charge < -0.3 is 33.7 Å². The maximum atomic E-state index is 12.4. The molecule has 1 aliphatic rings. The number of carbonyl (C=O) groups excluding carboxylic acids is 6. The molecule has 0 aliphatic carbocycles. The third kappa shape index (κ3) is 9.64. The molecule has 1 fully saturated rings. The van der Waals surface area contributed by atoms with Crippen LogP contribution in [-0.4, -0.2) is 80.1 Å². The van der Waals surface area contributed by atoms with Gasteiger partial charge in [-0.1, -0.05) is 27.7 Å². The van der Waals surface area contributed by atoms with Crippen molar-refractivity contribution in [3.63, 3.8) is 0 Å². The predicted molar refractivity (Wildman–Crippen MR) is 120 cm³/mol. The summed E-state index contributed by atoms with van der Waals surface area (Å²) in [5.41, 5.74) is 0. The van der Waals surface area contributed by atoms with Gasteiger partial charge in [-0.2, -0.15) is 0 Å². The highest BCUT2D eigenvalue weighted by molar-refractivity contribution is 5.91. The SMILES string of the molecule is CCC(=O)N[C@H]1[C@@H](OC(=O)/C=C/C(=O)OC)O[C@H](COC(=O)CC)[C@@H](OC(=O)CC)[C@@H]1OC(=O)CC. The molecule has 0 bridgehead atoms. The van der Waals surface area contributed by atoms with Crippen molar-refractivity contribution in [2.75, 3.05) is 13.7 Å². The normalized spacial score (nSPS) is 23.3. The van der Waals surface area contributed by atoms with Crippen LogP contribution in [0.2, 0.25) is 0 Å². The van der Waals surface area contributed by atoms with Gasteiger partial charge in [-0.3, -0.25) is 19.2 Å². The van der Waals surface area contributed by atoms with Crippen LogP contribution in [0.5, 0.6) is 0 Å². The number of amides is 1. The topological polar surface area (TPSA) is 170 Å².